The van der Waals surface area contributed by atoms with Crippen LogP contribution in [0.25, 0.3) is 11.3 Å². The number of rotatable bonds is 2. The number of quaternary nitrogens is 1. The van der Waals surface area contributed by atoms with Crippen LogP contribution in [0, 0.1) is 6.92 Å². The van der Waals surface area contributed by atoms with E-state index in [1.54, 1.807) is 0 Å². The number of nitrogens with zero attached hydrogens (tertiary/aromatic N) is 2. The highest BCUT2D eigenvalue weighted by Crippen LogP contribution is 2.24. The zero-order valence-corrected chi connectivity index (χ0v) is 10.9. The topological polar surface area (TPSA) is 12.9 Å². The second-order valence-corrected chi connectivity index (χ2v) is 5.23. The molecule has 17 heavy (non-hydrogen) atoms. The van der Waals surface area contributed by atoms with E-state index in [-0.39, 0.29) is 0 Å². The van der Waals surface area contributed by atoms with Crippen LogP contribution in [-0.4, -0.2) is 26.1 Å². The van der Waals surface area contributed by atoms with Gasteiger partial charge in [0.25, 0.3) is 0 Å². The van der Waals surface area contributed by atoms with Crippen molar-refractivity contribution in [2.24, 2.45) is 0 Å². The molecule has 0 atom stereocenters. The van der Waals surface area contributed by atoms with Crippen molar-refractivity contribution < 1.29 is 0 Å². The molecule has 0 fully saturated rings. The fourth-order valence-corrected chi connectivity index (χ4v) is 1.85. The van der Waals surface area contributed by atoms with Gasteiger partial charge in [0.1, 0.15) is 5.69 Å². The molecule has 1 aromatic heterocycles. The fraction of sp³-hybridized carbons (Fsp3) is 0.267. The van der Waals surface area contributed by atoms with Gasteiger partial charge < -0.3 is 0 Å². The third-order valence-corrected chi connectivity index (χ3v) is 2.92. The molecule has 0 aliphatic rings. The van der Waals surface area contributed by atoms with E-state index >= 15 is 0 Å². The first-order chi connectivity index (χ1) is 7.98. The lowest BCUT2D eigenvalue weighted by molar-refractivity contribution is 0.486. The van der Waals surface area contributed by atoms with Gasteiger partial charge in [-0.1, -0.05) is 6.07 Å². The van der Waals surface area contributed by atoms with E-state index in [4.69, 9.17) is 0 Å². The predicted molar refractivity (Wildman–Crippen MR) is 74.0 cm³/mol. The summed E-state index contributed by atoms with van der Waals surface area (Å²) < 4.78 is 0.835. The van der Waals surface area contributed by atoms with Crippen molar-refractivity contribution in [3.05, 3.63) is 48.2 Å². The predicted octanol–water partition coefficient (Wildman–Crippen LogP) is 3.25. The molecule has 88 valence electrons. The van der Waals surface area contributed by atoms with Gasteiger partial charge in [0, 0.05) is 11.8 Å². The molecule has 2 heteroatoms. The molecule has 1 heterocycles. The monoisotopic (exact) mass is 227 g/mol. The van der Waals surface area contributed by atoms with E-state index in [0.717, 1.165) is 10.2 Å². The maximum atomic E-state index is 4.44. The van der Waals surface area contributed by atoms with Gasteiger partial charge in [-0.15, -0.1) is 0 Å². The summed E-state index contributed by atoms with van der Waals surface area (Å²) in [6.07, 6.45) is 1.84. The summed E-state index contributed by atoms with van der Waals surface area (Å²) in [4.78, 5) is 4.44. The van der Waals surface area contributed by atoms with Crippen molar-refractivity contribution in [3.8, 4) is 11.3 Å². The highest BCUT2D eigenvalue weighted by Gasteiger charge is 2.12. The van der Waals surface area contributed by atoms with Crippen LogP contribution in [0.5, 0.6) is 0 Å². The van der Waals surface area contributed by atoms with E-state index in [2.05, 4.69) is 63.4 Å². The van der Waals surface area contributed by atoms with Crippen LogP contribution in [-0.2, 0) is 0 Å². The smallest absolute Gasteiger partial charge is 0.132 e. The maximum absolute atomic E-state index is 4.44. The van der Waals surface area contributed by atoms with Gasteiger partial charge in [-0.3, -0.25) is 9.47 Å². The van der Waals surface area contributed by atoms with Crippen LogP contribution in [0.1, 0.15) is 5.56 Å². The minimum absolute atomic E-state index is 0.835. The standard InChI is InChI=1S/C15H19N2/c1-12-6-5-11-16-15(12)13-7-9-14(10-8-13)17(2,3)4/h5-11H,1-4H3/q+1. The highest BCUT2D eigenvalue weighted by molar-refractivity contribution is 5.65. The zero-order chi connectivity index (χ0) is 12.5. The van der Waals surface area contributed by atoms with E-state index in [1.165, 1.54) is 16.8 Å². The van der Waals surface area contributed by atoms with Crippen molar-refractivity contribution in [2.45, 2.75) is 6.92 Å². The number of aromatic nitrogens is 1. The molecule has 0 N–H and O–H groups in total. The number of pyridine rings is 1. The first kappa shape index (κ1) is 11.8. The number of aryl methyl sites for hydroxylation is 1. The average molecular weight is 227 g/mol. The van der Waals surface area contributed by atoms with Gasteiger partial charge in [-0.25, -0.2) is 0 Å². The Kier molecular flexibility index (Phi) is 2.99. The minimum Gasteiger partial charge on any atom is -0.298 e. The Morgan fingerprint density at radius 1 is 0.941 bits per heavy atom. The van der Waals surface area contributed by atoms with E-state index in [0.29, 0.717) is 0 Å². The Balaban J connectivity index is 2.40. The summed E-state index contributed by atoms with van der Waals surface area (Å²) in [5.41, 5.74) is 4.76. The van der Waals surface area contributed by atoms with E-state index in [1.807, 2.05) is 12.3 Å². The second-order valence-electron chi connectivity index (χ2n) is 5.23. The van der Waals surface area contributed by atoms with Gasteiger partial charge in [0.2, 0.25) is 0 Å². The van der Waals surface area contributed by atoms with Crippen LogP contribution in [0.15, 0.2) is 42.6 Å². The lowest BCUT2D eigenvalue weighted by Crippen LogP contribution is -2.34. The molecule has 0 amide bonds. The van der Waals surface area contributed by atoms with Crippen LogP contribution < -0.4 is 4.48 Å². The molecule has 0 saturated carbocycles. The first-order valence-electron chi connectivity index (χ1n) is 5.82. The molecule has 0 spiro atoms. The summed E-state index contributed by atoms with van der Waals surface area (Å²) >= 11 is 0. The molecular weight excluding hydrogens is 208 g/mol. The Morgan fingerprint density at radius 2 is 1.59 bits per heavy atom. The van der Waals surface area contributed by atoms with Crippen LogP contribution in [0.2, 0.25) is 0 Å². The summed E-state index contributed by atoms with van der Waals surface area (Å²) in [6, 6.07) is 12.7. The van der Waals surface area contributed by atoms with Crippen LogP contribution in [0.4, 0.5) is 5.69 Å². The Bertz CT molecular complexity index is 507. The lowest BCUT2D eigenvalue weighted by atomic mass is 10.1. The first-order valence-corrected chi connectivity index (χ1v) is 5.82. The highest BCUT2D eigenvalue weighted by atomic mass is 15.3. The normalized spacial score (nSPS) is 11.5. The van der Waals surface area contributed by atoms with Gasteiger partial charge in [0.05, 0.1) is 26.8 Å². The number of hydrogen-bond donors (Lipinski definition) is 0. The summed E-state index contributed by atoms with van der Waals surface area (Å²) in [7, 11) is 6.50. The quantitative estimate of drug-likeness (QED) is 0.718. The molecule has 2 nitrogen and oxygen atoms in total. The Hall–Kier alpha value is -1.67. The van der Waals surface area contributed by atoms with Crippen molar-refractivity contribution in [1.29, 1.82) is 0 Å². The van der Waals surface area contributed by atoms with Crippen molar-refractivity contribution in [3.63, 3.8) is 0 Å². The molecule has 1 aromatic carbocycles. The molecular formula is C15H19N2+. The SMILES string of the molecule is Cc1cccnc1-c1ccc([N+](C)(C)C)cc1. The van der Waals surface area contributed by atoms with Crippen molar-refractivity contribution in [2.75, 3.05) is 21.1 Å². The van der Waals surface area contributed by atoms with Crippen LogP contribution in [0.3, 0.4) is 0 Å². The number of benzene rings is 1. The summed E-state index contributed by atoms with van der Waals surface area (Å²) in [5.74, 6) is 0. The molecule has 0 radical (unpaired) electrons. The third-order valence-electron chi connectivity index (χ3n) is 2.92. The summed E-state index contributed by atoms with van der Waals surface area (Å²) in [5, 5.41) is 0. The van der Waals surface area contributed by atoms with Crippen LogP contribution >= 0.6 is 0 Å². The molecule has 2 aromatic rings. The molecule has 0 bridgehead atoms. The van der Waals surface area contributed by atoms with E-state index < -0.39 is 0 Å². The second kappa shape index (κ2) is 4.30. The average Bonchev–Trinajstić information content (AvgIpc) is 2.29. The molecule has 0 aliphatic carbocycles. The van der Waals surface area contributed by atoms with Gasteiger partial charge in [-0.05, 0) is 42.8 Å². The zero-order valence-electron chi connectivity index (χ0n) is 10.9. The van der Waals surface area contributed by atoms with Crippen molar-refractivity contribution in [1.82, 2.24) is 9.47 Å². The Labute approximate surface area is 103 Å². The van der Waals surface area contributed by atoms with Gasteiger partial charge in [-0.2, -0.15) is 0 Å². The summed E-state index contributed by atoms with van der Waals surface area (Å²) in [6.45, 7) is 2.09. The third kappa shape index (κ3) is 2.53. The van der Waals surface area contributed by atoms with Gasteiger partial charge in [0.15, 0.2) is 0 Å². The van der Waals surface area contributed by atoms with Gasteiger partial charge >= 0.3 is 0 Å². The Morgan fingerprint density at radius 3 is 2.12 bits per heavy atom. The maximum Gasteiger partial charge on any atom is 0.132 e. The molecule has 2 rings (SSSR count). The minimum atomic E-state index is 0.835. The molecule has 0 unspecified atom stereocenters. The molecule has 0 saturated heterocycles. The van der Waals surface area contributed by atoms with E-state index in [9.17, 15) is 0 Å². The molecule has 0 aliphatic heterocycles. The van der Waals surface area contributed by atoms with Crippen molar-refractivity contribution >= 4 is 5.69 Å². The fourth-order valence-electron chi connectivity index (χ4n) is 1.85. The lowest BCUT2D eigenvalue weighted by Gasteiger charge is -2.23. The largest absolute Gasteiger partial charge is 0.298 e. The number of hydrogen-bond acceptors (Lipinski definition) is 1.